The zero-order valence-corrected chi connectivity index (χ0v) is 20.5. The van der Waals surface area contributed by atoms with E-state index in [0.29, 0.717) is 40.1 Å². The molecule has 0 radical (unpaired) electrons. The van der Waals surface area contributed by atoms with Crippen LogP contribution in [0.2, 0.25) is 0 Å². The van der Waals surface area contributed by atoms with E-state index >= 15 is 0 Å². The van der Waals surface area contributed by atoms with Gasteiger partial charge in [0.2, 0.25) is 0 Å². The van der Waals surface area contributed by atoms with Gasteiger partial charge in [-0.3, -0.25) is 9.36 Å². The Balaban J connectivity index is 1.56. The minimum atomic E-state index is -0.150. The minimum absolute atomic E-state index is 0.150. The van der Waals surface area contributed by atoms with Gasteiger partial charge in [-0.2, -0.15) is 9.78 Å². The van der Waals surface area contributed by atoms with Crippen molar-refractivity contribution in [2.75, 3.05) is 7.11 Å². The van der Waals surface area contributed by atoms with Gasteiger partial charge in [0, 0.05) is 6.54 Å². The van der Waals surface area contributed by atoms with E-state index in [9.17, 15) is 4.79 Å². The predicted molar refractivity (Wildman–Crippen MR) is 145 cm³/mol. The summed E-state index contributed by atoms with van der Waals surface area (Å²) in [6, 6.07) is 25.3. The molecule has 0 saturated carbocycles. The van der Waals surface area contributed by atoms with Crippen molar-refractivity contribution in [1.29, 1.82) is 0 Å². The van der Waals surface area contributed by atoms with Gasteiger partial charge < -0.3 is 4.74 Å². The van der Waals surface area contributed by atoms with Crippen molar-refractivity contribution in [3.8, 4) is 5.75 Å². The molecule has 0 amide bonds. The summed E-state index contributed by atoms with van der Waals surface area (Å²) < 4.78 is 8.65. The highest BCUT2D eigenvalue weighted by Gasteiger charge is 2.21. The van der Waals surface area contributed by atoms with Crippen molar-refractivity contribution in [2.24, 2.45) is 5.10 Å². The molecule has 0 aliphatic carbocycles. The maximum atomic E-state index is 13.9. The number of para-hydroxylation sites is 2. The minimum Gasteiger partial charge on any atom is -0.497 e. The molecule has 6 rings (SSSR count). The molecule has 0 saturated heterocycles. The summed E-state index contributed by atoms with van der Waals surface area (Å²) in [7, 11) is 1.62. The van der Waals surface area contributed by atoms with E-state index in [2.05, 4.69) is 12.1 Å². The van der Waals surface area contributed by atoms with Gasteiger partial charge in [-0.15, -0.1) is 0 Å². The molecule has 8 heteroatoms. The van der Waals surface area contributed by atoms with Crippen LogP contribution in [0.5, 0.6) is 5.75 Å². The summed E-state index contributed by atoms with van der Waals surface area (Å²) in [4.78, 5) is 28.4. The van der Waals surface area contributed by atoms with Gasteiger partial charge in [0.05, 0.1) is 24.4 Å². The SMILES string of the molecule is COc1cccc(C=Nn2c3nc4ccccc4nc3c3c(=O)n(CCc4ccccc4)c(C)nc32)c1. The number of aromatic nitrogens is 5. The van der Waals surface area contributed by atoms with Crippen LogP contribution in [0, 0.1) is 6.92 Å². The molecule has 182 valence electrons. The first-order valence-corrected chi connectivity index (χ1v) is 12.0. The largest absolute Gasteiger partial charge is 0.497 e. The standard InChI is InChI=1S/C29H24N6O2/c1-19-31-27-25(29(36)34(19)16-15-20-9-4-3-5-10-20)26-28(33-24-14-7-6-13-23(24)32-26)35(27)30-18-21-11-8-12-22(17-21)37-2/h3-14,17-18H,15-16H2,1-2H3. The van der Waals surface area contributed by atoms with Crippen LogP contribution in [0.1, 0.15) is 17.0 Å². The molecule has 0 fully saturated rings. The second kappa shape index (κ2) is 9.31. The van der Waals surface area contributed by atoms with Crippen LogP contribution in [-0.4, -0.2) is 37.5 Å². The lowest BCUT2D eigenvalue weighted by Crippen LogP contribution is -2.25. The molecule has 3 aromatic heterocycles. The number of benzene rings is 3. The first-order chi connectivity index (χ1) is 18.1. The van der Waals surface area contributed by atoms with E-state index in [4.69, 9.17) is 24.8 Å². The molecule has 8 nitrogen and oxygen atoms in total. The lowest BCUT2D eigenvalue weighted by molar-refractivity contribution is 0.415. The van der Waals surface area contributed by atoms with Crippen molar-refractivity contribution in [2.45, 2.75) is 19.9 Å². The molecular formula is C29H24N6O2. The zero-order chi connectivity index (χ0) is 25.4. The number of rotatable bonds is 6. The van der Waals surface area contributed by atoms with E-state index < -0.39 is 0 Å². The summed E-state index contributed by atoms with van der Waals surface area (Å²) >= 11 is 0. The van der Waals surface area contributed by atoms with Crippen LogP contribution in [0.25, 0.3) is 33.2 Å². The number of ether oxygens (including phenoxy) is 1. The topological polar surface area (TPSA) is 87.2 Å². The van der Waals surface area contributed by atoms with Gasteiger partial charge in [-0.1, -0.05) is 54.6 Å². The second-order valence-electron chi connectivity index (χ2n) is 8.77. The predicted octanol–water partition coefficient (Wildman–Crippen LogP) is 4.74. The second-order valence-corrected chi connectivity index (χ2v) is 8.77. The third-order valence-electron chi connectivity index (χ3n) is 6.41. The summed E-state index contributed by atoms with van der Waals surface area (Å²) in [5.74, 6) is 1.34. The van der Waals surface area contributed by atoms with Crippen LogP contribution < -0.4 is 10.3 Å². The lowest BCUT2D eigenvalue weighted by atomic mass is 10.1. The highest BCUT2D eigenvalue weighted by molar-refractivity contribution is 6.05. The van der Waals surface area contributed by atoms with Crippen molar-refractivity contribution in [1.82, 2.24) is 24.2 Å². The van der Waals surface area contributed by atoms with E-state index in [1.807, 2.05) is 73.7 Å². The maximum Gasteiger partial charge on any atom is 0.265 e. The fourth-order valence-electron chi connectivity index (χ4n) is 4.52. The Morgan fingerprint density at radius 2 is 1.65 bits per heavy atom. The van der Waals surface area contributed by atoms with E-state index in [0.717, 1.165) is 28.8 Å². The van der Waals surface area contributed by atoms with Crippen molar-refractivity contribution in [3.05, 3.63) is 106 Å². The van der Waals surface area contributed by atoms with Crippen LogP contribution in [0.3, 0.4) is 0 Å². The lowest BCUT2D eigenvalue weighted by Gasteiger charge is -2.10. The Labute approximate surface area is 212 Å². The van der Waals surface area contributed by atoms with Crippen molar-refractivity contribution >= 4 is 39.4 Å². The van der Waals surface area contributed by atoms with Crippen LogP contribution in [-0.2, 0) is 13.0 Å². The van der Waals surface area contributed by atoms with Crippen molar-refractivity contribution < 1.29 is 4.74 Å². The maximum absolute atomic E-state index is 13.9. The highest BCUT2D eigenvalue weighted by atomic mass is 16.5. The van der Waals surface area contributed by atoms with Gasteiger partial charge in [-0.25, -0.2) is 15.0 Å². The number of aryl methyl sites for hydroxylation is 2. The summed E-state index contributed by atoms with van der Waals surface area (Å²) in [6.07, 6.45) is 2.42. The fourth-order valence-corrected chi connectivity index (χ4v) is 4.52. The molecule has 37 heavy (non-hydrogen) atoms. The van der Waals surface area contributed by atoms with Gasteiger partial charge >= 0.3 is 0 Å². The van der Waals surface area contributed by atoms with Gasteiger partial charge in [0.15, 0.2) is 11.3 Å². The quantitative estimate of drug-likeness (QED) is 0.316. The van der Waals surface area contributed by atoms with Crippen molar-refractivity contribution in [3.63, 3.8) is 0 Å². The number of hydrogen-bond acceptors (Lipinski definition) is 6. The number of hydrogen-bond donors (Lipinski definition) is 0. The third-order valence-corrected chi connectivity index (χ3v) is 6.41. The Bertz CT molecular complexity index is 1850. The summed E-state index contributed by atoms with van der Waals surface area (Å²) in [5, 5.41) is 5.12. The molecule has 0 N–H and O–H groups in total. The van der Waals surface area contributed by atoms with Gasteiger partial charge in [0.1, 0.15) is 22.5 Å². The molecule has 0 aliphatic rings. The average Bonchev–Trinajstić information content (AvgIpc) is 3.23. The van der Waals surface area contributed by atoms with Gasteiger partial charge in [0.25, 0.3) is 5.56 Å². The molecule has 6 aromatic rings. The Kier molecular flexibility index (Phi) is 5.69. The molecular weight excluding hydrogens is 464 g/mol. The van der Waals surface area contributed by atoms with E-state index in [1.54, 1.807) is 22.6 Å². The number of nitrogens with zero attached hydrogens (tertiary/aromatic N) is 6. The molecule has 0 atom stereocenters. The number of methoxy groups -OCH3 is 1. The zero-order valence-electron chi connectivity index (χ0n) is 20.5. The monoisotopic (exact) mass is 488 g/mol. The average molecular weight is 489 g/mol. The number of fused-ring (bicyclic) bond motifs is 4. The van der Waals surface area contributed by atoms with Crippen LogP contribution >= 0.6 is 0 Å². The first kappa shape index (κ1) is 22.6. The Morgan fingerprint density at radius 1 is 0.892 bits per heavy atom. The molecule has 0 spiro atoms. The third kappa shape index (κ3) is 4.12. The normalized spacial score (nSPS) is 11.7. The van der Waals surface area contributed by atoms with Gasteiger partial charge in [-0.05, 0) is 48.7 Å². The van der Waals surface area contributed by atoms with E-state index in [1.165, 1.54) is 0 Å². The Hall–Kier alpha value is -4.85. The molecule has 0 aliphatic heterocycles. The molecule has 0 unspecified atom stereocenters. The smallest absolute Gasteiger partial charge is 0.265 e. The fraction of sp³-hybridized carbons (Fsp3) is 0.138. The first-order valence-electron chi connectivity index (χ1n) is 12.0. The van der Waals surface area contributed by atoms with Crippen LogP contribution in [0.4, 0.5) is 0 Å². The summed E-state index contributed by atoms with van der Waals surface area (Å²) in [6.45, 7) is 2.36. The van der Waals surface area contributed by atoms with E-state index in [-0.39, 0.29) is 5.56 Å². The molecule has 3 aromatic carbocycles. The van der Waals surface area contributed by atoms with Crippen LogP contribution in [0.15, 0.2) is 88.8 Å². The highest BCUT2D eigenvalue weighted by Crippen LogP contribution is 2.25. The Morgan fingerprint density at radius 3 is 2.43 bits per heavy atom. The summed E-state index contributed by atoms with van der Waals surface area (Å²) in [5.41, 5.74) is 4.69. The molecule has 3 heterocycles. The molecule has 0 bridgehead atoms.